The van der Waals surface area contributed by atoms with Gasteiger partial charge in [0.25, 0.3) is 11.5 Å². The molecule has 0 saturated carbocycles. The molecule has 3 N–H and O–H groups in total. The quantitative estimate of drug-likeness (QED) is 0.406. The Labute approximate surface area is 213 Å². The third-order valence-corrected chi connectivity index (χ3v) is 6.55. The fourth-order valence-corrected chi connectivity index (χ4v) is 4.51. The molecule has 9 nitrogen and oxygen atoms in total. The van der Waals surface area contributed by atoms with Crippen molar-refractivity contribution in [3.8, 4) is 5.75 Å². The second-order valence-electron chi connectivity index (χ2n) is 9.43. The summed E-state index contributed by atoms with van der Waals surface area (Å²) < 4.78 is 14.7. The number of likely N-dealkylation sites (tertiary alicyclic amines) is 1. The molecule has 3 aromatic rings. The number of aromatic nitrogens is 2. The van der Waals surface area contributed by atoms with Gasteiger partial charge in [-0.15, -0.1) is 0 Å². The summed E-state index contributed by atoms with van der Waals surface area (Å²) in [6.07, 6.45) is 3.81. The highest BCUT2D eigenvalue weighted by atomic mass is 19.1. The Bertz CT molecular complexity index is 1350. The zero-order valence-electron chi connectivity index (χ0n) is 20.7. The molecule has 1 fully saturated rings. The maximum absolute atomic E-state index is 13.5. The van der Waals surface area contributed by atoms with Crippen LogP contribution in [-0.4, -0.2) is 62.2 Å². The van der Waals surface area contributed by atoms with Crippen molar-refractivity contribution in [2.75, 3.05) is 19.6 Å². The first-order chi connectivity index (χ1) is 17.7. The van der Waals surface area contributed by atoms with Crippen molar-refractivity contribution in [1.82, 2.24) is 19.8 Å². The molecule has 2 amide bonds. The molecule has 3 heterocycles. The Kier molecular flexibility index (Phi) is 8.17. The normalized spacial score (nSPS) is 14.7. The lowest BCUT2D eigenvalue weighted by Crippen LogP contribution is -2.40. The predicted octanol–water partition coefficient (Wildman–Crippen LogP) is 2.35. The van der Waals surface area contributed by atoms with Crippen LogP contribution in [-0.2, 0) is 17.8 Å². The monoisotopic (exact) mass is 510 g/mol. The number of pyridine rings is 2. The number of benzene rings is 1. The number of aromatic hydroxyl groups is 1. The van der Waals surface area contributed by atoms with E-state index in [4.69, 9.17) is 0 Å². The fourth-order valence-electron chi connectivity index (χ4n) is 4.51. The smallest absolute Gasteiger partial charge is 0.267 e. The van der Waals surface area contributed by atoms with Gasteiger partial charge in [0.05, 0.1) is 11.6 Å². The Morgan fingerprint density at radius 3 is 2.62 bits per heavy atom. The van der Waals surface area contributed by atoms with Gasteiger partial charge in [-0.05, 0) is 61.9 Å². The highest BCUT2D eigenvalue weighted by Crippen LogP contribution is 2.26. The molecular weight excluding hydrogens is 479 g/mol. The zero-order valence-corrected chi connectivity index (χ0v) is 20.7. The van der Waals surface area contributed by atoms with Gasteiger partial charge in [0.2, 0.25) is 5.91 Å². The van der Waals surface area contributed by atoms with E-state index in [0.29, 0.717) is 24.9 Å². The first-order valence-electron chi connectivity index (χ1n) is 12.5. The van der Waals surface area contributed by atoms with Crippen LogP contribution in [0.3, 0.4) is 0 Å². The average Bonchev–Trinajstić information content (AvgIpc) is 2.86. The van der Waals surface area contributed by atoms with Crippen molar-refractivity contribution >= 4 is 22.8 Å². The average molecular weight is 511 g/mol. The van der Waals surface area contributed by atoms with Gasteiger partial charge in [0.1, 0.15) is 16.9 Å². The van der Waals surface area contributed by atoms with Crippen LogP contribution in [0.15, 0.2) is 41.3 Å². The number of aliphatic hydroxyl groups excluding tert-OH is 1. The summed E-state index contributed by atoms with van der Waals surface area (Å²) in [6.45, 7) is 2.72. The molecule has 37 heavy (non-hydrogen) atoms. The van der Waals surface area contributed by atoms with E-state index in [1.54, 1.807) is 36.2 Å². The van der Waals surface area contributed by atoms with E-state index >= 15 is 0 Å². The minimum absolute atomic E-state index is 0.0218. The number of piperidine rings is 1. The molecule has 1 aliphatic heterocycles. The van der Waals surface area contributed by atoms with E-state index in [2.05, 4.69) is 10.3 Å². The van der Waals surface area contributed by atoms with Crippen LogP contribution in [0.5, 0.6) is 5.75 Å². The summed E-state index contributed by atoms with van der Waals surface area (Å²) in [5, 5.41) is 22.9. The Balaban J connectivity index is 1.73. The van der Waals surface area contributed by atoms with Gasteiger partial charge in [-0.1, -0.05) is 12.1 Å². The van der Waals surface area contributed by atoms with Gasteiger partial charge in [-0.25, -0.2) is 4.39 Å². The number of amides is 2. The number of aliphatic hydroxyl groups is 1. The van der Waals surface area contributed by atoms with Crippen LogP contribution in [0.1, 0.15) is 54.1 Å². The highest BCUT2D eigenvalue weighted by molar-refractivity contribution is 6.01. The van der Waals surface area contributed by atoms with E-state index in [1.807, 2.05) is 0 Å². The summed E-state index contributed by atoms with van der Waals surface area (Å²) in [7, 11) is 0. The minimum Gasteiger partial charge on any atom is -0.505 e. The van der Waals surface area contributed by atoms with Gasteiger partial charge in [-0.3, -0.25) is 19.4 Å². The van der Waals surface area contributed by atoms with Gasteiger partial charge in [0, 0.05) is 38.8 Å². The maximum Gasteiger partial charge on any atom is 0.267 e. The topological polar surface area (TPSA) is 125 Å². The van der Waals surface area contributed by atoms with Gasteiger partial charge >= 0.3 is 0 Å². The Morgan fingerprint density at radius 1 is 1.16 bits per heavy atom. The number of nitrogens with zero attached hydrogens (tertiary/aromatic N) is 3. The number of hydrogen-bond donors (Lipinski definition) is 3. The molecule has 10 heteroatoms. The van der Waals surface area contributed by atoms with Crippen molar-refractivity contribution < 1.29 is 24.2 Å². The number of fused-ring (bicyclic) bond motifs is 1. The lowest BCUT2D eigenvalue weighted by Gasteiger charge is -2.27. The molecule has 0 radical (unpaired) electrons. The SMILES string of the molecule is CC(O)CCNC(=O)c1c(O)c2ncc(Cc3ccc(F)cc3)cc2n(CCN2CCCCC2=O)c1=O. The van der Waals surface area contributed by atoms with E-state index in [-0.39, 0.29) is 43.3 Å². The molecule has 0 spiro atoms. The van der Waals surface area contributed by atoms with Crippen LogP contribution in [0, 0.1) is 5.82 Å². The van der Waals surface area contributed by atoms with E-state index in [0.717, 1.165) is 24.0 Å². The molecule has 1 unspecified atom stereocenters. The molecule has 0 bridgehead atoms. The number of hydrogen-bond acceptors (Lipinski definition) is 6. The Morgan fingerprint density at radius 2 is 1.92 bits per heavy atom. The molecule has 1 atom stereocenters. The molecular formula is C27H31FN4O5. The summed E-state index contributed by atoms with van der Waals surface area (Å²) >= 11 is 0. The fraction of sp³-hybridized carbons (Fsp3) is 0.407. The van der Waals surface area contributed by atoms with Crippen LogP contribution >= 0.6 is 0 Å². The van der Waals surface area contributed by atoms with Gasteiger partial charge in [-0.2, -0.15) is 0 Å². The molecule has 0 aliphatic carbocycles. The Hall–Kier alpha value is -3.79. The predicted molar refractivity (Wildman–Crippen MR) is 136 cm³/mol. The number of carbonyl (C=O) groups is 2. The summed E-state index contributed by atoms with van der Waals surface area (Å²) in [6, 6.07) is 7.77. The van der Waals surface area contributed by atoms with Gasteiger partial charge in [0.15, 0.2) is 5.75 Å². The van der Waals surface area contributed by atoms with Crippen molar-refractivity contribution in [2.45, 2.75) is 51.7 Å². The lowest BCUT2D eigenvalue weighted by atomic mass is 10.1. The van der Waals surface area contributed by atoms with Crippen LogP contribution < -0.4 is 10.9 Å². The summed E-state index contributed by atoms with van der Waals surface area (Å²) in [5.41, 5.74) is 0.885. The van der Waals surface area contributed by atoms with Crippen molar-refractivity contribution in [3.63, 3.8) is 0 Å². The standard InChI is InChI=1S/C27H31FN4O5/c1-17(33)9-10-29-26(36)23-25(35)24-21(15-19(16-30-24)14-18-5-7-20(28)8-6-18)32(27(23)37)13-12-31-11-3-2-4-22(31)34/h5-8,15-17,33,35H,2-4,9-14H2,1H3,(H,29,36). The molecule has 196 valence electrons. The molecule has 4 rings (SSSR count). The van der Waals surface area contributed by atoms with Crippen LogP contribution in [0.4, 0.5) is 4.39 Å². The van der Waals surface area contributed by atoms with Gasteiger partial charge < -0.3 is 25.0 Å². The largest absolute Gasteiger partial charge is 0.505 e. The number of carbonyl (C=O) groups excluding carboxylic acids is 2. The zero-order chi connectivity index (χ0) is 26.5. The molecule has 1 saturated heterocycles. The van der Waals surface area contributed by atoms with Crippen LogP contribution in [0.25, 0.3) is 11.0 Å². The summed E-state index contributed by atoms with van der Waals surface area (Å²) in [4.78, 5) is 44.8. The summed E-state index contributed by atoms with van der Waals surface area (Å²) in [5.74, 6) is -1.60. The van der Waals surface area contributed by atoms with E-state index in [9.17, 15) is 29.0 Å². The lowest BCUT2D eigenvalue weighted by molar-refractivity contribution is -0.133. The van der Waals surface area contributed by atoms with Crippen molar-refractivity contribution in [2.24, 2.45) is 0 Å². The maximum atomic E-state index is 13.5. The first kappa shape index (κ1) is 26.3. The minimum atomic E-state index is -0.759. The van der Waals surface area contributed by atoms with E-state index in [1.165, 1.54) is 16.7 Å². The number of nitrogens with one attached hydrogen (secondary N) is 1. The van der Waals surface area contributed by atoms with Crippen LogP contribution in [0.2, 0.25) is 0 Å². The van der Waals surface area contributed by atoms with E-state index < -0.39 is 28.9 Å². The van der Waals surface area contributed by atoms with Crippen molar-refractivity contribution in [1.29, 1.82) is 0 Å². The first-order valence-corrected chi connectivity index (χ1v) is 12.5. The second kappa shape index (κ2) is 11.5. The highest BCUT2D eigenvalue weighted by Gasteiger charge is 2.25. The molecule has 2 aromatic heterocycles. The molecule has 1 aliphatic rings. The van der Waals surface area contributed by atoms with Crippen molar-refractivity contribution in [3.05, 3.63) is 69.4 Å². The number of halogens is 1. The third-order valence-electron chi connectivity index (χ3n) is 6.55. The second-order valence-corrected chi connectivity index (χ2v) is 9.43. The number of rotatable bonds is 9. The third kappa shape index (κ3) is 6.14. The molecule has 1 aromatic carbocycles.